The molecule has 4 rings (SSSR count). The van der Waals surface area contributed by atoms with Gasteiger partial charge in [-0.3, -0.25) is 9.89 Å². The van der Waals surface area contributed by atoms with Crippen LogP contribution in [0.2, 0.25) is 0 Å². The summed E-state index contributed by atoms with van der Waals surface area (Å²) in [5.41, 5.74) is 2.43. The quantitative estimate of drug-likeness (QED) is 0.825. The van der Waals surface area contributed by atoms with Gasteiger partial charge in [0.05, 0.1) is 5.41 Å². The molecule has 2 aliphatic rings. The molecule has 5 nitrogen and oxygen atoms in total. The molecule has 2 unspecified atom stereocenters. The maximum absolute atomic E-state index is 13.4. The second-order valence-corrected chi connectivity index (χ2v) is 8.43. The van der Waals surface area contributed by atoms with Gasteiger partial charge in [-0.2, -0.15) is 5.10 Å². The Morgan fingerprint density at radius 1 is 1.35 bits per heavy atom. The van der Waals surface area contributed by atoms with E-state index >= 15 is 0 Å². The lowest BCUT2D eigenvalue weighted by Gasteiger charge is -2.41. The lowest BCUT2D eigenvalue weighted by Crippen LogP contribution is -2.48. The van der Waals surface area contributed by atoms with Crippen molar-refractivity contribution >= 4 is 18.1 Å². The first-order chi connectivity index (χ1) is 12.5. The van der Waals surface area contributed by atoms with Crippen LogP contribution in [0.4, 0.5) is 0 Å². The zero-order valence-electron chi connectivity index (χ0n) is 15.5. The molecule has 0 bridgehead atoms. The molecule has 1 aliphatic carbocycles. The van der Waals surface area contributed by atoms with Crippen molar-refractivity contribution in [3.63, 3.8) is 0 Å². The van der Waals surface area contributed by atoms with Crippen molar-refractivity contribution in [3.8, 4) is 0 Å². The number of piperidine rings is 1. The van der Waals surface area contributed by atoms with Gasteiger partial charge in [-0.1, -0.05) is 31.2 Å². The van der Waals surface area contributed by atoms with Crippen molar-refractivity contribution in [1.29, 1.82) is 0 Å². The highest BCUT2D eigenvalue weighted by molar-refractivity contribution is 7.71. The number of carbonyl (C=O) groups is 1. The molecule has 0 radical (unpaired) electrons. The summed E-state index contributed by atoms with van der Waals surface area (Å²) in [6.45, 7) is 3.73. The average molecular weight is 371 g/mol. The first-order valence-electron chi connectivity index (χ1n) is 9.45. The Morgan fingerprint density at radius 2 is 2.12 bits per heavy atom. The van der Waals surface area contributed by atoms with Crippen LogP contribution in [-0.2, 0) is 24.7 Å². The van der Waals surface area contributed by atoms with Crippen LogP contribution in [0.3, 0.4) is 0 Å². The Labute approximate surface area is 159 Å². The van der Waals surface area contributed by atoms with Crippen LogP contribution in [0.15, 0.2) is 24.3 Å². The highest BCUT2D eigenvalue weighted by Gasteiger charge is 2.41. The number of nitrogens with one attached hydrogen (secondary N) is 1. The molecule has 0 spiro atoms. The fourth-order valence-electron chi connectivity index (χ4n) is 4.55. The first kappa shape index (κ1) is 17.5. The molecule has 2 heterocycles. The molecule has 1 saturated heterocycles. The fraction of sp³-hybridized carbons (Fsp3) is 0.550. The zero-order valence-corrected chi connectivity index (χ0v) is 16.3. The maximum atomic E-state index is 13.4. The molecule has 1 N–H and O–H groups in total. The van der Waals surface area contributed by atoms with E-state index in [1.165, 1.54) is 11.1 Å². The second-order valence-electron chi connectivity index (χ2n) is 8.04. The van der Waals surface area contributed by atoms with Crippen LogP contribution in [0.5, 0.6) is 0 Å². The van der Waals surface area contributed by atoms with E-state index in [0.717, 1.165) is 51.0 Å². The summed E-state index contributed by atoms with van der Waals surface area (Å²) >= 11 is 5.25. The number of aromatic nitrogens is 3. The Morgan fingerprint density at radius 3 is 2.85 bits per heavy atom. The van der Waals surface area contributed by atoms with Crippen LogP contribution in [0, 0.1) is 10.2 Å². The number of hydrogen-bond acceptors (Lipinski definition) is 3. The fourth-order valence-corrected chi connectivity index (χ4v) is 4.69. The van der Waals surface area contributed by atoms with Crippen molar-refractivity contribution in [1.82, 2.24) is 19.7 Å². The number of benzene rings is 1. The number of likely N-dealkylation sites (tertiary alicyclic amines) is 1. The molecule has 26 heavy (non-hydrogen) atoms. The van der Waals surface area contributed by atoms with Crippen molar-refractivity contribution in [2.24, 2.45) is 12.5 Å². The van der Waals surface area contributed by atoms with Gasteiger partial charge in [-0.15, -0.1) is 0 Å². The number of aryl methyl sites for hydroxylation is 1. The highest BCUT2D eigenvalue weighted by Crippen LogP contribution is 2.38. The van der Waals surface area contributed by atoms with E-state index in [1.807, 2.05) is 11.6 Å². The molecule has 1 aliphatic heterocycles. The molecule has 2 aromatic rings. The predicted octanol–water partition coefficient (Wildman–Crippen LogP) is 3.38. The Kier molecular flexibility index (Phi) is 4.47. The van der Waals surface area contributed by atoms with Crippen molar-refractivity contribution < 1.29 is 4.79 Å². The van der Waals surface area contributed by atoms with Crippen LogP contribution >= 0.6 is 12.2 Å². The van der Waals surface area contributed by atoms with Crippen LogP contribution in [0.1, 0.15) is 49.1 Å². The number of carbonyl (C=O) groups excluding carboxylic acids is 1. The van der Waals surface area contributed by atoms with Crippen molar-refractivity contribution in [3.05, 3.63) is 46.0 Å². The minimum Gasteiger partial charge on any atom is -0.341 e. The van der Waals surface area contributed by atoms with E-state index in [1.54, 1.807) is 0 Å². The summed E-state index contributed by atoms with van der Waals surface area (Å²) in [5.74, 6) is 1.52. The van der Waals surface area contributed by atoms with Gasteiger partial charge in [0.25, 0.3) is 0 Å². The summed E-state index contributed by atoms with van der Waals surface area (Å²) in [7, 11) is 1.95. The topological polar surface area (TPSA) is 53.9 Å². The van der Waals surface area contributed by atoms with E-state index in [9.17, 15) is 4.79 Å². The summed E-state index contributed by atoms with van der Waals surface area (Å²) < 4.78 is 2.58. The molecular weight excluding hydrogens is 344 g/mol. The minimum absolute atomic E-state index is 0.255. The molecule has 1 fully saturated rings. The monoisotopic (exact) mass is 370 g/mol. The standard InChI is InChI=1S/C20H26N4OS/c1-20(10-9-14-6-3-4-7-15(14)12-20)18(25)24-11-5-8-16(13-24)17-21-22-19(26)23(17)2/h3-4,6-7,16H,5,8-13H2,1-2H3,(H,22,26). The highest BCUT2D eigenvalue weighted by atomic mass is 32.1. The molecule has 1 amide bonds. The van der Waals surface area contributed by atoms with E-state index < -0.39 is 0 Å². The number of rotatable bonds is 2. The molecule has 1 aromatic heterocycles. The largest absolute Gasteiger partial charge is 0.341 e. The number of nitrogens with zero attached hydrogens (tertiary/aromatic N) is 3. The van der Waals surface area contributed by atoms with Crippen LogP contribution in [0.25, 0.3) is 0 Å². The number of H-pyrrole nitrogens is 1. The first-order valence-corrected chi connectivity index (χ1v) is 9.86. The summed E-state index contributed by atoms with van der Waals surface area (Å²) in [6.07, 6.45) is 4.83. The Bertz CT molecular complexity index is 886. The molecule has 0 saturated carbocycles. The van der Waals surface area contributed by atoms with E-state index in [2.05, 4.69) is 46.3 Å². The normalized spacial score (nSPS) is 25.8. The van der Waals surface area contributed by atoms with Gasteiger partial charge in [-0.25, -0.2) is 0 Å². The SMILES string of the molecule is Cn1c(C2CCCN(C(=O)C3(C)CCc4ccccc4C3)C2)n[nH]c1=S. The van der Waals surface area contributed by atoms with Gasteiger partial charge in [0.1, 0.15) is 5.82 Å². The molecule has 2 atom stereocenters. The third-order valence-corrected chi connectivity index (χ3v) is 6.51. The molecule has 138 valence electrons. The lowest BCUT2D eigenvalue weighted by molar-refractivity contribution is -0.143. The number of aromatic amines is 1. The van der Waals surface area contributed by atoms with Gasteiger partial charge in [0.15, 0.2) is 4.77 Å². The van der Waals surface area contributed by atoms with Gasteiger partial charge in [0.2, 0.25) is 5.91 Å². The van der Waals surface area contributed by atoms with Crippen molar-refractivity contribution in [2.45, 2.75) is 44.9 Å². The van der Waals surface area contributed by atoms with Crippen molar-refractivity contribution in [2.75, 3.05) is 13.1 Å². The Hall–Kier alpha value is -1.95. The molecular formula is C20H26N4OS. The summed E-state index contributed by atoms with van der Waals surface area (Å²) in [4.78, 5) is 15.5. The van der Waals surface area contributed by atoms with Gasteiger partial charge in [-0.05, 0) is 55.4 Å². The van der Waals surface area contributed by atoms with E-state index in [-0.39, 0.29) is 11.3 Å². The van der Waals surface area contributed by atoms with Crippen LogP contribution in [-0.4, -0.2) is 38.7 Å². The number of amides is 1. The lowest BCUT2D eigenvalue weighted by atomic mass is 9.71. The third-order valence-electron chi connectivity index (χ3n) is 6.15. The van der Waals surface area contributed by atoms with Crippen LogP contribution < -0.4 is 0 Å². The second kappa shape index (κ2) is 6.65. The molecule has 1 aromatic carbocycles. The predicted molar refractivity (Wildman–Crippen MR) is 104 cm³/mol. The third kappa shape index (κ3) is 3.00. The molecule has 6 heteroatoms. The minimum atomic E-state index is -0.298. The smallest absolute Gasteiger partial charge is 0.228 e. The van der Waals surface area contributed by atoms with Gasteiger partial charge < -0.3 is 9.47 Å². The number of fused-ring (bicyclic) bond motifs is 1. The van der Waals surface area contributed by atoms with Gasteiger partial charge in [0, 0.05) is 26.1 Å². The average Bonchev–Trinajstić information content (AvgIpc) is 3.00. The van der Waals surface area contributed by atoms with E-state index in [4.69, 9.17) is 12.2 Å². The Balaban J connectivity index is 1.53. The van der Waals surface area contributed by atoms with Gasteiger partial charge >= 0.3 is 0 Å². The zero-order chi connectivity index (χ0) is 18.3. The summed E-state index contributed by atoms with van der Waals surface area (Å²) in [6, 6.07) is 8.54. The van der Waals surface area contributed by atoms with E-state index in [0.29, 0.717) is 10.7 Å². The number of hydrogen-bond donors (Lipinski definition) is 1. The maximum Gasteiger partial charge on any atom is 0.228 e. The summed E-state index contributed by atoms with van der Waals surface area (Å²) in [5, 5.41) is 7.27.